The lowest BCUT2D eigenvalue weighted by molar-refractivity contribution is -0.123. The van der Waals surface area contributed by atoms with Crippen LogP contribution in [0.25, 0.3) is 0 Å². The number of ether oxygens (including phenoxy) is 2. The molecule has 2 atom stereocenters. The van der Waals surface area contributed by atoms with E-state index in [1.807, 2.05) is 32.0 Å². The van der Waals surface area contributed by atoms with E-state index in [9.17, 15) is 4.79 Å². The maximum atomic E-state index is 12.0. The van der Waals surface area contributed by atoms with Crippen LogP contribution in [0.1, 0.15) is 25.8 Å². The summed E-state index contributed by atoms with van der Waals surface area (Å²) in [5.74, 6) is 1.44. The van der Waals surface area contributed by atoms with E-state index in [1.165, 1.54) is 0 Å². The van der Waals surface area contributed by atoms with E-state index in [2.05, 4.69) is 5.32 Å². The van der Waals surface area contributed by atoms with Crippen LogP contribution in [-0.2, 0) is 11.3 Å². The van der Waals surface area contributed by atoms with Gasteiger partial charge in [0, 0.05) is 12.1 Å². The first-order valence-electron chi connectivity index (χ1n) is 6.77. The number of amides is 1. The molecule has 0 bridgehead atoms. The number of carbonyl (C=O) groups excluding carboxylic acids is 1. The molecule has 0 heterocycles. The number of methoxy groups -OCH3 is 2. The summed E-state index contributed by atoms with van der Waals surface area (Å²) in [4.78, 5) is 12.0. The smallest absolute Gasteiger partial charge is 0.237 e. The average molecular weight is 280 g/mol. The summed E-state index contributed by atoms with van der Waals surface area (Å²) in [6.07, 6.45) is 0.872. The molecule has 0 fully saturated rings. The zero-order valence-corrected chi connectivity index (χ0v) is 12.6. The Morgan fingerprint density at radius 3 is 2.60 bits per heavy atom. The van der Waals surface area contributed by atoms with E-state index in [4.69, 9.17) is 15.2 Å². The number of nitrogens with two attached hydrogens (primary N) is 1. The summed E-state index contributed by atoms with van der Waals surface area (Å²) in [5, 5.41) is 2.84. The van der Waals surface area contributed by atoms with Gasteiger partial charge in [-0.15, -0.1) is 0 Å². The second-order valence-corrected chi connectivity index (χ2v) is 4.81. The van der Waals surface area contributed by atoms with Crippen LogP contribution in [0.4, 0.5) is 0 Å². The van der Waals surface area contributed by atoms with E-state index in [0.29, 0.717) is 12.3 Å². The second kappa shape index (κ2) is 7.75. The molecule has 0 aliphatic heterocycles. The maximum Gasteiger partial charge on any atom is 0.237 e. The lowest BCUT2D eigenvalue weighted by Gasteiger charge is -2.18. The monoisotopic (exact) mass is 280 g/mol. The van der Waals surface area contributed by atoms with Crippen molar-refractivity contribution >= 4 is 5.91 Å². The largest absolute Gasteiger partial charge is 0.497 e. The van der Waals surface area contributed by atoms with Crippen molar-refractivity contribution in [3.8, 4) is 11.5 Å². The highest BCUT2D eigenvalue weighted by Crippen LogP contribution is 2.23. The minimum Gasteiger partial charge on any atom is -0.497 e. The van der Waals surface area contributed by atoms with E-state index >= 15 is 0 Å². The van der Waals surface area contributed by atoms with Gasteiger partial charge < -0.3 is 20.5 Å². The van der Waals surface area contributed by atoms with Crippen molar-refractivity contribution in [2.24, 2.45) is 11.7 Å². The first-order chi connectivity index (χ1) is 9.53. The first kappa shape index (κ1) is 16.3. The van der Waals surface area contributed by atoms with Crippen LogP contribution in [-0.4, -0.2) is 26.2 Å². The van der Waals surface area contributed by atoms with Gasteiger partial charge in [-0.05, 0) is 24.1 Å². The topological polar surface area (TPSA) is 73.6 Å². The Hall–Kier alpha value is -1.75. The lowest BCUT2D eigenvalue weighted by atomic mass is 9.99. The van der Waals surface area contributed by atoms with Gasteiger partial charge in [0.2, 0.25) is 5.91 Å². The Labute approximate surface area is 120 Å². The highest BCUT2D eigenvalue weighted by atomic mass is 16.5. The molecule has 0 aromatic heterocycles. The number of hydrogen-bond acceptors (Lipinski definition) is 4. The standard InChI is InChI=1S/C15H24N2O3/c1-5-10(2)14(16)15(18)17-9-11-8-12(19-3)6-7-13(11)20-4/h6-8,10,14H,5,9,16H2,1-4H3,(H,17,18)/t10-,14-/m0/s1. The average Bonchev–Trinajstić information content (AvgIpc) is 2.50. The maximum absolute atomic E-state index is 12.0. The van der Waals surface area contributed by atoms with Crippen molar-refractivity contribution in [3.63, 3.8) is 0 Å². The minimum atomic E-state index is -0.489. The number of nitrogens with one attached hydrogen (secondary N) is 1. The Kier molecular flexibility index (Phi) is 6.31. The van der Waals surface area contributed by atoms with Crippen molar-refractivity contribution in [1.29, 1.82) is 0 Å². The minimum absolute atomic E-state index is 0.149. The van der Waals surface area contributed by atoms with E-state index in [0.717, 1.165) is 17.7 Å². The Bertz CT molecular complexity index is 449. The summed E-state index contributed by atoms with van der Waals surface area (Å²) in [5.41, 5.74) is 6.75. The van der Waals surface area contributed by atoms with E-state index in [-0.39, 0.29) is 11.8 Å². The number of rotatable bonds is 7. The number of carbonyl (C=O) groups is 1. The van der Waals surface area contributed by atoms with Crippen molar-refractivity contribution < 1.29 is 14.3 Å². The molecule has 5 heteroatoms. The molecule has 1 rings (SSSR count). The summed E-state index contributed by atoms with van der Waals surface area (Å²) >= 11 is 0. The van der Waals surface area contributed by atoms with Crippen molar-refractivity contribution in [1.82, 2.24) is 5.32 Å². The molecule has 1 aromatic carbocycles. The fraction of sp³-hybridized carbons (Fsp3) is 0.533. The third-order valence-corrected chi connectivity index (χ3v) is 3.50. The van der Waals surface area contributed by atoms with Gasteiger partial charge in [0.05, 0.1) is 20.3 Å². The van der Waals surface area contributed by atoms with Crippen LogP contribution in [0.5, 0.6) is 11.5 Å². The summed E-state index contributed by atoms with van der Waals surface area (Å²) in [7, 11) is 3.20. The quantitative estimate of drug-likeness (QED) is 0.797. The number of hydrogen-bond donors (Lipinski definition) is 2. The normalized spacial score (nSPS) is 13.4. The summed E-state index contributed by atoms with van der Waals surface area (Å²) in [6.45, 7) is 4.35. The zero-order chi connectivity index (χ0) is 15.1. The highest BCUT2D eigenvalue weighted by Gasteiger charge is 2.19. The van der Waals surface area contributed by atoms with Crippen molar-refractivity contribution in [2.45, 2.75) is 32.9 Å². The van der Waals surface area contributed by atoms with Gasteiger partial charge in [-0.1, -0.05) is 20.3 Å². The first-order valence-corrected chi connectivity index (χ1v) is 6.77. The molecule has 0 aliphatic rings. The Morgan fingerprint density at radius 1 is 1.35 bits per heavy atom. The van der Waals surface area contributed by atoms with Crippen molar-refractivity contribution in [2.75, 3.05) is 14.2 Å². The van der Waals surface area contributed by atoms with Crippen LogP contribution < -0.4 is 20.5 Å². The van der Waals surface area contributed by atoms with Gasteiger partial charge in [0.15, 0.2) is 0 Å². The molecule has 0 spiro atoms. The molecular formula is C15H24N2O3. The SMILES string of the molecule is CC[C@H](C)[C@H](N)C(=O)NCc1cc(OC)ccc1OC. The fourth-order valence-electron chi connectivity index (χ4n) is 1.83. The predicted molar refractivity (Wildman–Crippen MR) is 78.8 cm³/mol. The van der Waals surface area contributed by atoms with Gasteiger partial charge in [-0.3, -0.25) is 4.79 Å². The third kappa shape index (κ3) is 4.13. The Balaban J connectivity index is 2.71. The Morgan fingerprint density at radius 2 is 2.05 bits per heavy atom. The molecule has 20 heavy (non-hydrogen) atoms. The van der Waals surface area contributed by atoms with Crippen molar-refractivity contribution in [3.05, 3.63) is 23.8 Å². The highest BCUT2D eigenvalue weighted by molar-refractivity contribution is 5.81. The van der Waals surface area contributed by atoms with E-state index in [1.54, 1.807) is 14.2 Å². The van der Waals surface area contributed by atoms with Crippen LogP contribution in [0.3, 0.4) is 0 Å². The zero-order valence-electron chi connectivity index (χ0n) is 12.6. The molecule has 0 saturated heterocycles. The third-order valence-electron chi connectivity index (χ3n) is 3.50. The summed E-state index contributed by atoms with van der Waals surface area (Å²) in [6, 6.07) is 4.98. The predicted octanol–water partition coefficient (Wildman–Crippen LogP) is 1.69. The van der Waals surface area contributed by atoms with Gasteiger partial charge in [0.1, 0.15) is 11.5 Å². The number of benzene rings is 1. The van der Waals surface area contributed by atoms with Crippen LogP contribution in [0.15, 0.2) is 18.2 Å². The van der Waals surface area contributed by atoms with Gasteiger partial charge in [-0.2, -0.15) is 0 Å². The van der Waals surface area contributed by atoms with Crippen LogP contribution in [0.2, 0.25) is 0 Å². The van der Waals surface area contributed by atoms with Gasteiger partial charge in [-0.25, -0.2) is 0 Å². The molecule has 1 amide bonds. The molecule has 0 radical (unpaired) electrons. The van der Waals surface area contributed by atoms with Gasteiger partial charge >= 0.3 is 0 Å². The molecular weight excluding hydrogens is 256 g/mol. The van der Waals surface area contributed by atoms with E-state index < -0.39 is 6.04 Å². The molecule has 3 N–H and O–H groups in total. The molecule has 1 aromatic rings. The second-order valence-electron chi connectivity index (χ2n) is 4.81. The molecule has 0 unspecified atom stereocenters. The lowest BCUT2D eigenvalue weighted by Crippen LogP contribution is -2.44. The van der Waals surface area contributed by atoms with Gasteiger partial charge in [0.25, 0.3) is 0 Å². The van der Waals surface area contributed by atoms with Crippen LogP contribution in [0, 0.1) is 5.92 Å². The molecule has 5 nitrogen and oxygen atoms in total. The van der Waals surface area contributed by atoms with Crippen LogP contribution >= 0.6 is 0 Å². The fourth-order valence-corrected chi connectivity index (χ4v) is 1.83. The molecule has 0 aliphatic carbocycles. The summed E-state index contributed by atoms with van der Waals surface area (Å²) < 4.78 is 10.4. The molecule has 112 valence electrons. The molecule has 0 saturated carbocycles.